The van der Waals surface area contributed by atoms with Gasteiger partial charge >= 0.3 is 0 Å². The van der Waals surface area contributed by atoms with E-state index in [9.17, 15) is 9.59 Å². The molecule has 2 atom stereocenters. The monoisotopic (exact) mass is 445 g/mol. The maximum Gasteiger partial charge on any atom is 0.251 e. The highest BCUT2D eigenvalue weighted by Gasteiger charge is 2.40. The van der Waals surface area contributed by atoms with Crippen LogP contribution >= 0.6 is 23.2 Å². The summed E-state index contributed by atoms with van der Waals surface area (Å²) >= 11 is 11.9. The standard InChI is InChI=1S/C23H25Cl2N3O2/c24-17-6-4-15(5-7-17)14-28-20-8-9-21(28)12-19(11-20)27-22(29)13-26-23(30)16-2-1-3-18(25)10-16/h1-7,10,19-21H,8-9,11-14H2,(H,26,30)(H,27,29). The van der Waals surface area contributed by atoms with Gasteiger partial charge in [-0.05, 0) is 61.6 Å². The minimum Gasteiger partial charge on any atom is -0.352 e. The van der Waals surface area contributed by atoms with Gasteiger partial charge in [-0.3, -0.25) is 14.5 Å². The third-order valence-corrected chi connectivity index (χ3v) is 6.51. The minimum absolute atomic E-state index is 0.0360. The molecule has 0 aliphatic carbocycles. The summed E-state index contributed by atoms with van der Waals surface area (Å²) in [7, 11) is 0. The summed E-state index contributed by atoms with van der Waals surface area (Å²) in [6, 6.07) is 15.8. The van der Waals surface area contributed by atoms with Gasteiger partial charge < -0.3 is 10.6 Å². The molecule has 2 heterocycles. The summed E-state index contributed by atoms with van der Waals surface area (Å²) in [5.74, 6) is -0.452. The first-order valence-corrected chi connectivity index (χ1v) is 11.1. The van der Waals surface area contributed by atoms with Crippen molar-refractivity contribution < 1.29 is 9.59 Å². The zero-order valence-corrected chi connectivity index (χ0v) is 18.1. The lowest BCUT2D eigenvalue weighted by Gasteiger charge is -2.39. The molecule has 2 saturated heterocycles. The fourth-order valence-electron chi connectivity index (χ4n) is 4.62. The molecular formula is C23H25Cl2N3O2. The molecule has 0 spiro atoms. The average Bonchev–Trinajstić information content (AvgIpc) is 2.95. The van der Waals surface area contributed by atoms with Crippen LogP contribution in [-0.4, -0.2) is 41.4 Å². The highest BCUT2D eigenvalue weighted by Crippen LogP contribution is 2.36. The molecule has 158 valence electrons. The number of rotatable bonds is 6. The first kappa shape index (κ1) is 21.2. The number of benzene rings is 2. The zero-order valence-electron chi connectivity index (χ0n) is 16.6. The van der Waals surface area contributed by atoms with E-state index in [1.807, 2.05) is 12.1 Å². The van der Waals surface area contributed by atoms with Crippen molar-refractivity contribution in [2.24, 2.45) is 0 Å². The molecule has 2 N–H and O–H groups in total. The molecule has 7 heteroatoms. The SMILES string of the molecule is O=C(CNC(=O)c1cccc(Cl)c1)NC1CC2CCC(C1)N2Cc1ccc(Cl)cc1. The van der Waals surface area contributed by atoms with E-state index in [-0.39, 0.29) is 24.4 Å². The van der Waals surface area contributed by atoms with E-state index in [1.165, 1.54) is 5.56 Å². The van der Waals surface area contributed by atoms with Gasteiger partial charge in [-0.15, -0.1) is 0 Å². The van der Waals surface area contributed by atoms with Gasteiger partial charge in [0.15, 0.2) is 0 Å². The van der Waals surface area contributed by atoms with Crippen LogP contribution in [0.15, 0.2) is 48.5 Å². The Kier molecular flexibility index (Phi) is 6.61. The Hall–Kier alpha value is -2.08. The normalized spacial score (nSPS) is 23.2. The van der Waals surface area contributed by atoms with E-state index >= 15 is 0 Å². The van der Waals surface area contributed by atoms with Crippen molar-refractivity contribution >= 4 is 35.0 Å². The molecule has 2 fully saturated rings. The number of hydrogen-bond donors (Lipinski definition) is 2. The number of nitrogens with zero attached hydrogens (tertiary/aromatic N) is 1. The van der Waals surface area contributed by atoms with Crippen LogP contribution in [0.4, 0.5) is 0 Å². The number of amides is 2. The lowest BCUT2D eigenvalue weighted by atomic mass is 9.96. The molecule has 5 nitrogen and oxygen atoms in total. The largest absolute Gasteiger partial charge is 0.352 e. The summed E-state index contributed by atoms with van der Waals surface area (Å²) in [5, 5.41) is 7.02. The van der Waals surface area contributed by atoms with Crippen molar-refractivity contribution in [3.8, 4) is 0 Å². The topological polar surface area (TPSA) is 61.4 Å². The Morgan fingerprint density at radius 1 is 0.967 bits per heavy atom. The lowest BCUT2D eigenvalue weighted by Crippen LogP contribution is -2.51. The van der Waals surface area contributed by atoms with Gasteiger partial charge in [0, 0.05) is 40.3 Å². The highest BCUT2D eigenvalue weighted by molar-refractivity contribution is 6.31. The van der Waals surface area contributed by atoms with E-state index < -0.39 is 0 Å². The number of fused-ring (bicyclic) bond motifs is 2. The second-order valence-electron chi connectivity index (χ2n) is 8.11. The van der Waals surface area contributed by atoms with E-state index in [1.54, 1.807) is 24.3 Å². The number of piperidine rings is 1. The Labute approximate surface area is 186 Å². The van der Waals surface area contributed by atoms with Crippen LogP contribution in [0.5, 0.6) is 0 Å². The number of halogens is 2. The van der Waals surface area contributed by atoms with Crippen LogP contribution in [-0.2, 0) is 11.3 Å². The Morgan fingerprint density at radius 3 is 2.33 bits per heavy atom. The third-order valence-electron chi connectivity index (χ3n) is 6.02. The van der Waals surface area contributed by atoms with Gasteiger partial charge in [-0.25, -0.2) is 0 Å². The van der Waals surface area contributed by atoms with Crippen LogP contribution in [0.1, 0.15) is 41.6 Å². The first-order valence-electron chi connectivity index (χ1n) is 10.3. The van der Waals surface area contributed by atoms with Crippen molar-refractivity contribution in [2.75, 3.05) is 6.54 Å². The first-order chi connectivity index (χ1) is 14.5. The number of carbonyl (C=O) groups excluding carboxylic acids is 2. The summed E-state index contributed by atoms with van der Waals surface area (Å²) in [4.78, 5) is 27.1. The van der Waals surface area contributed by atoms with Gasteiger partial charge in [-0.1, -0.05) is 41.4 Å². The molecule has 2 aromatic carbocycles. The molecule has 0 aromatic heterocycles. The summed E-state index contributed by atoms with van der Waals surface area (Å²) < 4.78 is 0. The molecule has 2 bridgehead atoms. The van der Waals surface area contributed by atoms with E-state index in [2.05, 4.69) is 27.7 Å². The number of nitrogens with one attached hydrogen (secondary N) is 2. The molecule has 2 aromatic rings. The summed E-state index contributed by atoms with van der Waals surface area (Å²) in [6.07, 6.45) is 4.21. The second kappa shape index (κ2) is 9.38. The van der Waals surface area contributed by atoms with Gasteiger partial charge in [-0.2, -0.15) is 0 Å². The van der Waals surface area contributed by atoms with Crippen LogP contribution in [0, 0.1) is 0 Å². The highest BCUT2D eigenvalue weighted by atomic mass is 35.5. The van der Waals surface area contributed by atoms with Crippen molar-refractivity contribution in [1.29, 1.82) is 0 Å². The van der Waals surface area contributed by atoms with Crippen LogP contribution in [0.25, 0.3) is 0 Å². The maximum absolute atomic E-state index is 12.4. The van der Waals surface area contributed by atoms with Gasteiger partial charge in [0.1, 0.15) is 0 Å². The predicted octanol–water partition coefficient (Wildman–Crippen LogP) is 4.04. The van der Waals surface area contributed by atoms with Gasteiger partial charge in [0.25, 0.3) is 5.91 Å². The molecule has 0 saturated carbocycles. The number of carbonyl (C=O) groups is 2. The van der Waals surface area contributed by atoms with Crippen LogP contribution < -0.4 is 10.6 Å². The minimum atomic E-state index is -0.300. The van der Waals surface area contributed by atoms with Crippen molar-refractivity contribution in [1.82, 2.24) is 15.5 Å². The Morgan fingerprint density at radius 2 is 1.67 bits per heavy atom. The molecule has 0 radical (unpaired) electrons. The quantitative estimate of drug-likeness (QED) is 0.705. The van der Waals surface area contributed by atoms with E-state index in [0.29, 0.717) is 22.7 Å². The summed E-state index contributed by atoms with van der Waals surface area (Å²) in [6.45, 7) is 0.883. The average molecular weight is 446 g/mol. The fraction of sp³-hybridized carbons (Fsp3) is 0.391. The number of hydrogen-bond acceptors (Lipinski definition) is 3. The molecule has 2 aliphatic heterocycles. The zero-order chi connectivity index (χ0) is 21.1. The second-order valence-corrected chi connectivity index (χ2v) is 8.99. The molecule has 30 heavy (non-hydrogen) atoms. The summed E-state index contributed by atoms with van der Waals surface area (Å²) in [5.41, 5.74) is 1.71. The van der Waals surface area contributed by atoms with E-state index in [4.69, 9.17) is 23.2 Å². The third kappa shape index (κ3) is 5.15. The van der Waals surface area contributed by atoms with Crippen molar-refractivity contribution in [3.05, 3.63) is 69.7 Å². The van der Waals surface area contributed by atoms with Crippen LogP contribution in [0.3, 0.4) is 0 Å². The van der Waals surface area contributed by atoms with Crippen molar-refractivity contribution in [3.63, 3.8) is 0 Å². The maximum atomic E-state index is 12.4. The smallest absolute Gasteiger partial charge is 0.251 e. The molecule has 4 rings (SSSR count). The molecule has 2 aliphatic rings. The molecule has 2 amide bonds. The Bertz CT molecular complexity index is 905. The van der Waals surface area contributed by atoms with Gasteiger partial charge in [0.05, 0.1) is 6.54 Å². The van der Waals surface area contributed by atoms with Gasteiger partial charge in [0.2, 0.25) is 5.91 Å². The van der Waals surface area contributed by atoms with E-state index in [0.717, 1.165) is 37.3 Å². The predicted molar refractivity (Wildman–Crippen MR) is 119 cm³/mol. The van der Waals surface area contributed by atoms with Crippen LogP contribution in [0.2, 0.25) is 10.0 Å². The van der Waals surface area contributed by atoms with Crippen molar-refractivity contribution in [2.45, 2.75) is 50.4 Å². The molecule has 2 unspecified atom stereocenters. The molecular weight excluding hydrogens is 421 g/mol. The lowest BCUT2D eigenvalue weighted by molar-refractivity contribution is -0.121. The fourth-order valence-corrected chi connectivity index (χ4v) is 4.94. The Balaban J connectivity index is 1.26.